The highest BCUT2D eigenvalue weighted by Gasteiger charge is 2.41. The third-order valence-electron chi connectivity index (χ3n) is 20.4. The van der Waals surface area contributed by atoms with Gasteiger partial charge in [-0.1, -0.05) is 237 Å². The molecular formula is C101H73N9OSi. The fourth-order valence-electron chi connectivity index (χ4n) is 15.1. The highest BCUT2D eigenvalue weighted by atomic mass is 28.3. The minimum atomic E-state index is -3.00. The van der Waals surface area contributed by atoms with E-state index in [0.717, 1.165) is 107 Å². The first-order valence-corrected chi connectivity index (χ1v) is 39.5. The number of benzene rings is 16. The van der Waals surface area contributed by atoms with E-state index in [0.29, 0.717) is 29.3 Å². The lowest BCUT2D eigenvalue weighted by atomic mass is 10.0. The van der Waals surface area contributed by atoms with E-state index in [1.54, 1.807) is 0 Å². The van der Waals surface area contributed by atoms with E-state index in [9.17, 15) is 0 Å². The molecule has 2 heterocycles. The minimum absolute atomic E-state index is 0.451. The molecule has 0 saturated heterocycles. The van der Waals surface area contributed by atoms with Crippen molar-refractivity contribution in [2.75, 3.05) is 19.6 Å². The Morgan fingerprint density at radius 2 is 0.384 bits per heavy atom. The van der Waals surface area contributed by atoms with E-state index in [1.165, 1.54) is 20.7 Å². The van der Waals surface area contributed by atoms with Crippen molar-refractivity contribution in [3.05, 3.63) is 443 Å². The molecule has 0 radical (unpaired) electrons. The summed E-state index contributed by atoms with van der Waals surface area (Å²) < 4.78 is 6.50. The molecule has 0 aliphatic carbocycles. The number of nitrogens with zero attached hydrogens (tertiary/aromatic N) is 9. The Labute approximate surface area is 653 Å². The first-order chi connectivity index (χ1) is 55.5. The van der Waals surface area contributed by atoms with Gasteiger partial charge in [-0.2, -0.15) is 0 Å². The van der Waals surface area contributed by atoms with Crippen LogP contribution >= 0.6 is 0 Å². The molecule has 0 atom stereocenters. The summed E-state index contributed by atoms with van der Waals surface area (Å²) in [5.41, 5.74) is 18.8. The summed E-state index contributed by atoms with van der Waals surface area (Å²) in [6, 6.07) is 156. The highest BCUT2D eigenvalue weighted by molar-refractivity contribution is 7.19. The van der Waals surface area contributed by atoms with Crippen LogP contribution in [0.5, 0.6) is 0 Å². The molecule has 0 bridgehead atoms. The lowest BCUT2D eigenvalue weighted by molar-refractivity contribution is 0.584. The number of aromatic nitrogens is 5. The molecule has 532 valence electrons. The van der Waals surface area contributed by atoms with Crippen LogP contribution in [0.4, 0.5) is 68.2 Å². The average molecular weight is 1460 g/mol. The second-order valence-corrected chi connectivity index (χ2v) is 31.1. The van der Waals surface area contributed by atoms with Crippen molar-refractivity contribution in [3.63, 3.8) is 0 Å². The van der Waals surface area contributed by atoms with Crippen molar-refractivity contribution in [1.82, 2.24) is 25.1 Å². The van der Waals surface area contributed by atoms with Gasteiger partial charge in [0, 0.05) is 96.1 Å². The molecule has 11 heteroatoms. The van der Waals surface area contributed by atoms with Gasteiger partial charge in [-0.15, -0.1) is 10.2 Å². The van der Waals surface area contributed by atoms with Gasteiger partial charge in [-0.3, -0.25) is 0 Å². The predicted octanol–water partition coefficient (Wildman–Crippen LogP) is 23.5. The molecular weight excluding hydrogens is 1380 g/mol. The Hall–Kier alpha value is -14.9. The molecule has 18 aromatic rings. The summed E-state index contributed by atoms with van der Waals surface area (Å²) >= 11 is 0. The molecule has 0 amide bonds. The van der Waals surface area contributed by atoms with Crippen LogP contribution in [-0.4, -0.2) is 33.2 Å². The topological polar surface area (TPSA) is 90.6 Å². The maximum Gasteiger partial charge on any atom is 0.248 e. The lowest BCUT2D eigenvalue weighted by Crippen LogP contribution is -2.74. The number of anilines is 12. The molecule has 0 fully saturated rings. The standard InChI is InChI=1S/C101H73N9OSi/c1-10-30-81(31-11-1)107(82-32-12-2-13-33-82)88-61-49-75(50-62-88)97-102-98(76-51-63-89(64-52-76)108(83-34-14-3-15-35-83)84-36-16-4-17-37-84)104-99(103-97)77-53-65-91(66-54-77)110(87-42-22-7-23-43-87)92-44-28-29-80(73-92)74-57-69-95(70-58-74)112(93-45-24-8-25-46-93,94-47-26-9-27-48-94)96-71-59-79(60-72-96)101-106-105-100(111-101)78-55-67-90(68-56-78)109(85-38-18-5-19-39-85)86-40-20-6-21-41-86/h1-73H. The first kappa shape index (κ1) is 68.9. The minimum Gasteiger partial charge on any atom is -0.416 e. The molecule has 0 unspecified atom stereocenters. The van der Waals surface area contributed by atoms with E-state index in [1.807, 2.05) is 48.5 Å². The summed E-state index contributed by atoms with van der Waals surface area (Å²) in [5.74, 6) is 2.58. The van der Waals surface area contributed by atoms with Crippen LogP contribution in [0.2, 0.25) is 0 Å². The van der Waals surface area contributed by atoms with Crippen LogP contribution in [0.1, 0.15) is 0 Å². The van der Waals surface area contributed by atoms with Crippen LogP contribution < -0.4 is 40.3 Å². The summed E-state index contributed by atoms with van der Waals surface area (Å²) in [6.07, 6.45) is 0. The van der Waals surface area contributed by atoms with Crippen molar-refractivity contribution in [1.29, 1.82) is 0 Å². The zero-order valence-electron chi connectivity index (χ0n) is 61.1. The van der Waals surface area contributed by atoms with E-state index >= 15 is 0 Å². The molecule has 18 rings (SSSR count). The van der Waals surface area contributed by atoms with Gasteiger partial charge in [0.1, 0.15) is 0 Å². The van der Waals surface area contributed by atoms with E-state index in [2.05, 4.69) is 424 Å². The van der Waals surface area contributed by atoms with Crippen LogP contribution in [0.3, 0.4) is 0 Å². The third kappa shape index (κ3) is 14.1. The second-order valence-electron chi connectivity index (χ2n) is 27.3. The first-order valence-electron chi connectivity index (χ1n) is 37.5. The largest absolute Gasteiger partial charge is 0.416 e. The zero-order chi connectivity index (χ0) is 74.8. The summed E-state index contributed by atoms with van der Waals surface area (Å²) in [4.78, 5) is 24.9. The third-order valence-corrected chi connectivity index (χ3v) is 25.2. The van der Waals surface area contributed by atoms with Gasteiger partial charge in [0.05, 0.1) is 0 Å². The molecule has 112 heavy (non-hydrogen) atoms. The Morgan fingerprint density at radius 1 is 0.170 bits per heavy atom. The fraction of sp³-hybridized carbons (Fsp3) is 0. The normalized spacial score (nSPS) is 11.2. The molecule has 16 aromatic carbocycles. The van der Waals surface area contributed by atoms with Crippen LogP contribution in [-0.2, 0) is 0 Å². The van der Waals surface area contributed by atoms with Gasteiger partial charge in [-0.05, 0) is 238 Å². The van der Waals surface area contributed by atoms with Crippen molar-refractivity contribution in [2.45, 2.75) is 0 Å². The smallest absolute Gasteiger partial charge is 0.248 e. The molecule has 0 spiro atoms. The van der Waals surface area contributed by atoms with Crippen LogP contribution in [0, 0.1) is 0 Å². The molecule has 0 saturated carbocycles. The highest BCUT2D eigenvalue weighted by Crippen LogP contribution is 2.42. The second kappa shape index (κ2) is 31.5. The fourth-order valence-corrected chi connectivity index (χ4v) is 19.8. The Balaban J connectivity index is 0.660. The van der Waals surface area contributed by atoms with E-state index < -0.39 is 8.07 Å². The number of rotatable bonds is 22. The molecule has 0 aliphatic rings. The van der Waals surface area contributed by atoms with Gasteiger partial charge in [-0.25, -0.2) is 15.0 Å². The van der Waals surface area contributed by atoms with Crippen LogP contribution in [0.25, 0.3) is 68.2 Å². The van der Waals surface area contributed by atoms with Crippen molar-refractivity contribution >= 4 is 97.1 Å². The van der Waals surface area contributed by atoms with Gasteiger partial charge in [0.25, 0.3) is 0 Å². The number of para-hydroxylation sites is 7. The molecule has 0 N–H and O–H groups in total. The average Bonchev–Trinajstić information content (AvgIpc) is 0.771. The maximum atomic E-state index is 6.50. The zero-order valence-corrected chi connectivity index (χ0v) is 62.1. The van der Waals surface area contributed by atoms with Gasteiger partial charge >= 0.3 is 0 Å². The van der Waals surface area contributed by atoms with Gasteiger partial charge < -0.3 is 24.0 Å². The Kier molecular flexibility index (Phi) is 19.4. The summed E-state index contributed by atoms with van der Waals surface area (Å²) in [7, 11) is -3.00. The number of hydrogen-bond acceptors (Lipinski definition) is 10. The van der Waals surface area contributed by atoms with Crippen molar-refractivity contribution < 1.29 is 4.42 Å². The molecule has 0 aliphatic heterocycles. The predicted molar refractivity (Wildman–Crippen MR) is 463 cm³/mol. The Morgan fingerprint density at radius 3 is 0.670 bits per heavy atom. The van der Waals surface area contributed by atoms with Gasteiger partial charge in [0.15, 0.2) is 25.5 Å². The monoisotopic (exact) mass is 1460 g/mol. The lowest BCUT2D eigenvalue weighted by Gasteiger charge is -2.34. The summed E-state index contributed by atoms with van der Waals surface area (Å²) in [6.45, 7) is 0. The van der Waals surface area contributed by atoms with Crippen molar-refractivity contribution in [2.24, 2.45) is 0 Å². The Bertz CT molecular complexity index is 5820. The SMILES string of the molecule is c1ccc(N(c2ccccc2)c2ccc(-c3nc(-c4ccc(N(c5ccccc5)c5ccccc5)cc4)nc(-c4ccc(N(c5ccccc5)c5cccc(-c6ccc([Si](c7ccccc7)(c7ccccc7)c7ccc(-c8nnc(-c9ccc(N(c%10ccccc%10)c%10ccccc%10)cc9)o8)cc7)cc6)c5)cc4)n3)cc2)cc1. The number of hydrogen-bond donors (Lipinski definition) is 0. The van der Waals surface area contributed by atoms with Gasteiger partial charge in [0.2, 0.25) is 11.8 Å². The summed E-state index contributed by atoms with van der Waals surface area (Å²) in [5, 5.41) is 14.2. The van der Waals surface area contributed by atoms with E-state index in [4.69, 9.17) is 19.4 Å². The molecule has 10 nitrogen and oxygen atoms in total. The maximum absolute atomic E-state index is 6.50. The quantitative estimate of drug-likeness (QED) is 0.0483. The van der Waals surface area contributed by atoms with Crippen LogP contribution in [0.15, 0.2) is 447 Å². The van der Waals surface area contributed by atoms with E-state index in [-0.39, 0.29) is 0 Å². The molecule has 2 aromatic heterocycles. The van der Waals surface area contributed by atoms with Crippen molar-refractivity contribution in [3.8, 4) is 68.2 Å².